The average Bonchev–Trinajstić information content (AvgIpc) is 2.73. The second-order valence-corrected chi connectivity index (χ2v) is 7.32. The third-order valence-corrected chi connectivity index (χ3v) is 5.31. The van der Waals surface area contributed by atoms with Gasteiger partial charge >= 0.3 is 5.69 Å². The van der Waals surface area contributed by atoms with Gasteiger partial charge in [0.05, 0.1) is 10.9 Å². The van der Waals surface area contributed by atoms with Gasteiger partial charge in [-0.1, -0.05) is 51.3 Å². The van der Waals surface area contributed by atoms with Crippen LogP contribution in [0, 0.1) is 5.92 Å². The van der Waals surface area contributed by atoms with Crippen molar-refractivity contribution < 1.29 is 4.79 Å². The maximum absolute atomic E-state index is 12.9. The Kier molecular flexibility index (Phi) is 6.65. The largest absolute Gasteiger partial charge is 0.328 e. The molecular formula is C23H27N3O3. The van der Waals surface area contributed by atoms with E-state index in [9.17, 15) is 14.4 Å². The molecule has 1 aromatic heterocycles. The Bertz CT molecular complexity index is 1100. The Morgan fingerprint density at radius 1 is 1.07 bits per heavy atom. The topological polar surface area (TPSA) is 84.0 Å². The van der Waals surface area contributed by atoms with Crippen LogP contribution in [-0.2, 0) is 6.54 Å². The number of aromatic nitrogens is 2. The van der Waals surface area contributed by atoms with E-state index in [1.165, 1.54) is 4.57 Å². The van der Waals surface area contributed by atoms with E-state index in [1.54, 1.807) is 42.5 Å². The minimum Gasteiger partial charge on any atom is -0.322 e. The SMILES string of the molecule is CCCC(CC)CCn1c(=O)[nH]c2ccc(NC(=O)c3ccccc3)cc2c1=O. The number of nitrogens with one attached hydrogen (secondary N) is 2. The van der Waals surface area contributed by atoms with Gasteiger partial charge in [-0.3, -0.25) is 14.2 Å². The predicted molar refractivity (Wildman–Crippen MR) is 117 cm³/mol. The molecule has 0 radical (unpaired) electrons. The number of anilines is 1. The highest BCUT2D eigenvalue weighted by Crippen LogP contribution is 2.17. The molecule has 29 heavy (non-hydrogen) atoms. The monoisotopic (exact) mass is 393 g/mol. The third-order valence-electron chi connectivity index (χ3n) is 5.31. The molecule has 0 saturated heterocycles. The minimum absolute atomic E-state index is 0.250. The molecule has 2 N–H and O–H groups in total. The molecule has 0 bridgehead atoms. The van der Waals surface area contributed by atoms with Crippen LogP contribution >= 0.6 is 0 Å². The molecule has 0 spiro atoms. The maximum Gasteiger partial charge on any atom is 0.328 e. The van der Waals surface area contributed by atoms with Crippen LogP contribution in [0.2, 0.25) is 0 Å². The van der Waals surface area contributed by atoms with Crippen LogP contribution in [0.3, 0.4) is 0 Å². The van der Waals surface area contributed by atoms with Crippen molar-refractivity contribution in [2.24, 2.45) is 5.92 Å². The summed E-state index contributed by atoms with van der Waals surface area (Å²) in [5.74, 6) is 0.249. The van der Waals surface area contributed by atoms with Crippen molar-refractivity contribution >= 4 is 22.5 Å². The van der Waals surface area contributed by atoms with Crippen molar-refractivity contribution in [2.75, 3.05) is 5.32 Å². The Hall–Kier alpha value is -3.15. The molecule has 0 fully saturated rings. The summed E-state index contributed by atoms with van der Waals surface area (Å²) < 4.78 is 1.27. The molecule has 152 valence electrons. The van der Waals surface area contributed by atoms with Crippen LogP contribution in [0.4, 0.5) is 5.69 Å². The fourth-order valence-corrected chi connectivity index (χ4v) is 3.60. The molecule has 1 heterocycles. The van der Waals surface area contributed by atoms with Crippen LogP contribution in [0.25, 0.3) is 10.9 Å². The summed E-state index contributed by atoms with van der Waals surface area (Å²) >= 11 is 0. The van der Waals surface area contributed by atoms with Gasteiger partial charge in [-0.15, -0.1) is 0 Å². The molecule has 6 heteroatoms. The molecule has 2 aromatic carbocycles. The van der Waals surface area contributed by atoms with Gasteiger partial charge in [0.15, 0.2) is 0 Å². The Labute approximate surface area is 169 Å². The van der Waals surface area contributed by atoms with Crippen LogP contribution in [0.15, 0.2) is 58.1 Å². The Balaban J connectivity index is 1.88. The van der Waals surface area contributed by atoms with Crippen LogP contribution in [-0.4, -0.2) is 15.5 Å². The number of rotatable bonds is 8. The molecule has 6 nitrogen and oxygen atoms in total. The minimum atomic E-state index is -0.394. The lowest BCUT2D eigenvalue weighted by atomic mass is 9.97. The van der Waals surface area contributed by atoms with E-state index in [2.05, 4.69) is 24.1 Å². The van der Waals surface area contributed by atoms with Gasteiger partial charge in [0.2, 0.25) is 0 Å². The molecule has 1 unspecified atom stereocenters. The van der Waals surface area contributed by atoms with Crippen molar-refractivity contribution in [3.8, 4) is 0 Å². The average molecular weight is 393 g/mol. The summed E-state index contributed by atoms with van der Waals surface area (Å²) in [5, 5.41) is 3.20. The predicted octanol–water partition coefficient (Wildman–Crippen LogP) is 4.16. The van der Waals surface area contributed by atoms with Crippen molar-refractivity contribution in [2.45, 2.75) is 46.1 Å². The fourth-order valence-electron chi connectivity index (χ4n) is 3.60. The van der Waals surface area contributed by atoms with Crippen LogP contribution in [0.1, 0.15) is 49.9 Å². The molecule has 0 saturated carbocycles. The summed E-state index contributed by atoms with van der Waals surface area (Å²) in [5.41, 5.74) is 0.794. The highest BCUT2D eigenvalue weighted by molar-refractivity contribution is 6.05. The number of amides is 1. The lowest BCUT2D eigenvalue weighted by Gasteiger charge is -2.14. The number of hydrogen-bond donors (Lipinski definition) is 2. The molecular weight excluding hydrogens is 366 g/mol. The van der Waals surface area contributed by atoms with E-state index in [0.717, 1.165) is 25.7 Å². The number of H-pyrrole nitrogens is 1. The highest BCUT2D eigenvalue weighted by Gasteiger charge is 2.12. The van der Waals surface area contributed by atoms with E-state index >= 15 is 0 Å². The first kappa shape index (κ1) is 20.6. The van der Waals surface area contributed by atoms with E-state index in [1.807, 2.05) is 6.07 Å². The number of hydrogen-bond acceptors (Lipinski definition) is 3. The standard InChI is InChI=1S/C23H27N3O3/c1-3-8-16(4-2)13-14-26-22(28)19-15-18(11-12-20(19)25-23(26)29)24-21(27)17-9-6-5-7-10-17/h5-7,9-12,15-16H,3-4,8,13-14H2,1-2H3,(H,24,27)(H,25,29). The number of benzene rings is 2. The van der Waals surface area contributed by atoms with E-state index < -0.39 is 5.69 Å². The van der Waals surface area contributed by atoms with Gasteiger partial charge in [0.1, 0.15) is 0 Å². The van der Waals surface area contributed by atoms with E-state index in [0.29, 0.717) is 34.6 Å². The molecule has 1 atom stereocenters. The van der Waals surface area contributed by atoms with Gasteiger partial charge < -0.3 is 10.3 Å². The summed E-state index contributed by atoms with van der Waals surface area (Å²) in [6.07, 6.45) is 4.01. The fraction of sp³-hybridized carbons (Fsp3) is 0.348. The van der Waals surface area contributed by atoms with Crippen molar-refractivity contribution in [1.29, 1.82) is 0 Å². The number of carbonyl (C=O) groups excluding carboxylic acids is 1. The van der Waals surface area contributed by atoms with E-state index in [4.69, 9.17) is 0 Å². The maximum atomic E-state index is 12.9. The molecule has 0 aliphatic carbocycles. The first-order valence-corrected chi connectivity index (χ1v) is 10.2. The van der Waals surface area contributed by atoms with Gasteiger partial charge in [-0.05, 0) is 42.7 Å². The van der Waals surface area contributed by atoms with Crippen molar-refractivity contribution in [3.63, 3.8) is 0 Å². The summed E-state index contributed by atoms with van der Waals surface area (Å²) in [4.78, 5) is 40.5. The quantitative estimate of drug-likeness (QED) is 0.603. The first-order valence-electron chi connectivity index (χ1n) is 10.2. The number of nitrogens with zero attached hydrogens (tertiary/aromatic N) is 1. The number of fused-ring (bicyclic) bond motifs is 1. The van der Waals surface area contributed by atoms with Crippen LogP contribution < -0.4 is 16.6 Å². The zero-order valence-electron chi connectivity index (χ0n) is 16.9. The molecule has 3 aromatic rings. The van der Waals surface area contributed by atoms with Crippen molar-refractivity contribution in [3.05, 3.63) is 74.9 Å². The second-order valence-electron chi connectivity index (χ2n) is 7.32. The summed E-state index contributed by atoms with van der Waals surface area (Å²) in [6.45, 7) is 4.67. The third kappa shape index (κ3) is 4.83. The molecule has 0 aliphatic heterocycles. The van der Waals surface area contributed by atoms with Gasteiger partial charge in [0, 0.05) is 17.8 Å². The lowest BCUT2D eigenvalue weighted by Crippen LogP contribution is -2.35. The Morgan fingerprint density at radius 3 is 2.52 bits per heavy atom. The molecule has 3 rings (SSSR count). The number of aromatic amines is 1. The normalized spacial score (nSPS) is 12.1. The smallest absolute Gasteiger partial charge is 0.322 e. The highest BCUT2D eigenvalue weighted by atomic mass is 16.2. The second kappa shape index (κ2) is 9.37. The zero-order chi connectivity index (χ0) is 20.8. The van der Waals surface area contributed by atoms with Gasteiger partial charge in [0.25, 0.3) is 11.5 Å². The van der Waals surface area contributed by atoms with Gasteiger partial charge in [-0.25, -0.2) is 4.79 Å². The zero-order valence-corrected chi connectivity index (χ0v) is 16.9. The van der Waals surface area contributed by atoms with Crippen LogP contribution in [0.5, 0.6) is 0 Å². The Morgan fingerprint density at radius 2 is 1.83 bits per heavy atom. The molecule has 0 aliphatic rings. The lowest BCUT2D eigenvalue weighted by molar-refractivity contribution is 0.102. The summed E-state index contributed by atoms with van der Waals surface area (Å²) in [7, 11) is 0. The van der Waals surface area contributed by atoms with Crippen molar-refractivity contribution in [1.82, 2.24) is 9.55 Å². The summed E-state index contributed by atoms with van der Waals surface area (Å²) in [6, 6.07) is 13.8. The van der Waals surface area contributed by atoms with Gasteiger partial charge in [-0.2, -0.15) is 0 Å². The molecule has 1 amide bonds. The first-order chi connectivity index (χ1) is 14.0. The van der Waals surface area contributed by atoms with E-state index in [-0.39, 0.29) is 11.5 Å². The number of carbonyl (C=O) groups is 1.